The summed E-state index contributed by atoms with van der Waals surface area (Å²) < 4.78 is 1.45. The number of hydrogen-bond acceptors (Lipinski definition) is 4. The molecular weight excluding hydrogens is 266 g/mol. The molecule has 5 nitrogen and oxygen atoms in total. The van der Waals surface area contributed by atoms with Crippen LogP contribution in [0, 0.1) is 11.3 Å². The Morgan fingerprint density at radius 3 is 2.67 bits per heavy atom. The fraction of sp³-hybridized carbons (Fsp3) is 0.0625. The van der Waals surface area contributed by atoms with E-state index in [1.54, 1.807) is 0 Å². The van der Waals surface area contributed by atoms with Crippen molar-refractivity contribution in [3.63, 3.8) is 0 Å². The molecule has 0 saturated heterocycles. The maximum Gasteiger partial charge on any atom is 0.251 e. The van der Waals surface area contributed by atoms with Gasteiger partial charge in [-0.25, -0.2) is 4.98 Å². The summed E-state index contributed by atoms with van der Waals surface area (Å²) in [5, 5.41) is 19.6. The van der Waals surface area contributed by atoms with E-state index in [-0.39, 0.29) is 17.0 Å². The Labute approximate surface area is 120 Å². The maximum atomic E-state index is 12.1. The highest BCUT2D eigenvalue weighted by Crippen LogP contribution is 2.24. The van der Waals surface area contributed by atoms with Crippen molar-refractivity contribution in [2.45, 2.75) is 6.54 Å². The lowest BCUT2D eigenvalue weighted by molar-refractivity contribution is 0.475. The van der Waals surface area contributed by atoms with Gasteiger partial charge in [0.25, 0.3) is 5.56 Å². The summed E-state index contributed by atoms with van der Waals surface area (Å²) in [5.41, 5.74) is 1.21. The number of fused-ring (bicyclic) bond motifs is 1. The van der Waals surface area contributed by atoms with E-state index >= 15 is 0 Å². The standard InChI is InChI=1S/C16H11N3O2/c17-8-13-12-6-7-15(21)19(16(12)14(20)9-18-13)10-11-4-2-1-3-5-11/h1-7,9,20H,10H2. The molecule has 0 unspecified atom stereocenters. The predicted molar refractivity (Wildman–Crippen MR) is 77.9 cm³/mol. The number of hydrogen-bond donors (Lipinski definition) is 1. The van der Waals surface area contributed by atoms with Crippen molar-refractivity contribution in [1.29, 1.82) is 5.26 Å². The normalized spacial score (nSPS) is 10.4. The van der Waals surface area contributed by atoms with Crippen molar-refractivity contribution in [2.24, 2.45) is 0 Å². The predicted octanol–water partition coefficient (Wildman–Crippen LogP) is 2.02. The molecule has 1 N–H and O–H groups in total. The van der Waals surface area contributed by atoms with Crippen LogP contribution in [0.5, 0.6) is 5.75 Å². The molecule has 2 heterocycles. The van der Waals surface area contributed by atoms with E-state index in [2.05, 4.69) is 4.98 Å². The minimum Gasteiger partial charge on any atom is -0.504 e. The maximum absolute atomic E-state index is 12.1. The van der Waals surface area contributed by atoms with Gasteiger partial charge >= 0.3 is 0 Å². The lowest BCUT2D eigenvalue weighted by Gasteiger charge is -2.11. The second-order valence-corrected chi connectivity index (χ2v) is 4.61. The second-order valence-electron chi connectivity index (χ2n) is 4.61. The molecule has 21 heavy (non-hydrogen) atoms. The van der Waals surface area contributed by atoms with Crippen molar-refractivity contribution < 1.29 is 5.11 Å². The SMILES string of the molecule is N#Cc1ncc(O)c2c1ccc(=O)n2Cc1ccccc1. The fourth-order valence-corrected chi connectivity index (χ4v) is 2.31. The number of pyridine rings is 2. The van der Waals surface area contributed by atoms with Crippen LogP contribution in [0.15, 0.2) is 53.5 Å². The summed E-state index contributed by atoms with van der Waals surface area (Å²) >= 11 is 0. The van der Waals surface area contributed by atoms with Gasteiger partial charge in [-0.3, -0.25) is 4.79 Å². The molecule has 5 heteroatoms. The van der Waals surface area contributed by atoms with E-state index in [1.807, 2.05) is 36.4 Å². The summed E-state index contributed by atoms with van der Waals surface area (Å²) in [4.78, 5) is 16.0. The minimum absolute atomic E-state index is 0.113. The molecule has 2 aromatic heterocycles. The Balaban J connectivity index is 2.29. The summed E-state index contributed by atoms with van der Waals surface area (Å²) in [6.45, 7) is 0.319. The molecule has 3 aromatic rings. The first kappa shape index (κ1) is 12.9. The number of nitrogens with zero attached hydrogens (tertiary/aromatic N) is 3. The quantitative estimate of drug-likeness (QED) is 0.777. The largest absolute Gasteiger partial charge is 0.504 e. The zero-order valence-corrected chi connectivity index (χ0v) is 11.0. The van der Waals surface area contributed by atoms with Crippen LogP contribution >= 0.6 is 0 Å². The summed E-state index contributed by atoms with van der Waals surface area (Å²) in [6, 6.07) is 14.3. The molecule has 0 aliphatic rings. The fourth-order valence-electron chi connectivity index (χ4n) is 2.31. The van der Waals surface area contributed by atoms with Crippen LogP contribution in [0.2, 0.25) is 0 Å². The van der Waals surface area contributed by atoms with Crippen LogP contribution in [0.1, 0.15) is 11.3 Å². The summed E-state index contributed by atoms with van der Waals surface area (Å²) in [7, 11) is 0. The molecule has 0 fully saturated rings. The third kappa shape index (κ3) is 2.23. The molecule has 0 spiro atoms. The molecule has 0 atom stereocenters. The number of aromatic nitrogens is 2. The van der Waals surface area contributed by atoms with Crippen LogP contribution in [-0.4, -0.2) is 14.7 Å². The van der Waals surface area contributed by atoms with Crippen molar-refractivity contribution in [3.05, 3.63) is 70.3 Å². The average molecular weight is 277 g/mol. The molecule has 0 radical (unpaired) electrons. The molecule has 0 amide bonds. The Morgan fingerprint density at radius 1 is 1.19 bits per heavy atom. The number of nitriles is 1. The van der Waals surface area contributed by atoms with Crippen LogP contribution in [0.3, 0.4) is 0 Å². The van der Waals surface area contributed by atoms with E-state index in [0.29, 0.717) is 17.4 Å². The van der Waals surface area contributed by atoms with E-state index in [9.17, 15) is 9.90 Å². The number of benzene rings is 1. The summed E-state index contributed by atoms with van der Waals surface area (Å²) in [6.07, 6.45) is 1.20. The van der Waals surface area contributed by atoms with Gasteiger partial charge in [0.2, 0.25) is 0 Å². The van der Waals surface area contributed by atoms with Crippen molar-refractivity contribution in [1.82, 2.24) is 9.55 Å². The van der Waals surface area contributed by atoms with Gasteiger partial charge in [0.1, 0.15) is 11.8 Å². The van der Waals surface area contributed by atoms with Crippen molar-refractivity contribution in [3.8, 4) is 11.8 Å². The van der Waals surface area contributed by atoms with Crippen LogP contribution in [-0.2, 0) is 6.54 Å². The van der Waals surface area contributed by atoms with Gasteiger partial charge in [0, 0.05) is 11.5 Å². The second kappa shape index (κ2) is 5.10. The molecule has 0 aliphatic carbocycles. The number of aromatic hydroxyl groups is 1. The minimum atomic E-state index is -0.239. The average Bonchev–Trinajstić information content (AvgIpc) is 2.51. The first-order valence-electron chi connectivity index (χ1n) is 6.36. The van der Waals surface area contributed by atoms with E-state index in [1.165, 1.54) is 22.9 Å². The molecule has 0 aliphatic heterocycles. The molecule has 102 valence electrons. The van der Waals surface area contributed by atoms with Gasteiger partial charge < -0.3 is 9.67 Å². The van der Waals surface area contributed by atoms with Crippen LogP contribution in [0.4, 0.5) is 0 Å². The first-order chi connectivity index (χ1) is 10.2. The zero-order chi connectivity index (χ0) is 14.8. The Kier molecular flexibility index (Phi) is 3.13. The smallest absolute Gasteiger partial charge is 0.251 e. The molecular formula is C16H11N3O2. The first-order valence-corrected chi connectivity index (χ1v) is 6.36. The van der Waals surface area contributed by atoms with Crippen molar-refractivity contribution >= 4 is 10.9 Å². The molecule has 3 rings (SSSR count). The van der Waals surface area contributed by atoms with Gasteiger partial charge in [-0.15, -0.1) is 0 Å². The van der Waals surface area contributed by atoms with Gasteiger partial charge in [-0.2, -0.15) is 5.26 Å². The molecule has 0 saturated carbocycles. The highest BCUT2D eigenvalue weighted by molar-refractivity contribution is 5.88. The van der Waals surface area contributed by atoms with Crippen molar-refractivity contribution in [2.75, 3.05) is 0 Å². The van der Waals surface area contributed by atoms with Gasteiger partial charge in [-0.1, -0.05) is 30.3 Å². The lowest BCUT2D eigenvalue weighted by Crippen LogP contribution is -2.20. The van der Waals surface area contributed by atoms with Crippen LogP contribution in [0.25, 0.3) is 10.9 Å². The Bertz CT molecular complexity index is 908. The Hall–Kier alpha value is -3.13. The van der Waals surface area contributed by atoms with E-state index < -0.39 is 0 Å². The Morgan fingerprint density at radius 2 is 1.95 bits per heavy atom. The highest BCUT2D eigenvalue weighted by Gasteiger charge is 2.12. The zero-order valence-electron chi connectivity index (χ0n) is 11.0. The number of rotatable bonds is 2. The van der Waals surface area contributed by atoms with Gasteiger partial charge in [-0.05, 0) is 11.6 Å². The van der Waals surface area contributed by atoms with Gasteiger partial charge in [0.05, 0.1) is 18.3 Å². The van der Waals surface area contributed by atoms with E-state index in [4.69, 9.17) is 5.26 Å². The van der Waals surface area contributed by atoms with Gasteiger partial charge in [0.15, 0.2) is 5.75 Å². The topological polar surface area (TPSA) is 78.9 Å². The van der Waals surface area contributed by atoms with Crippen LogP contribution < -0.4 is 5.56 Å². The third-order valence-electron chi connectivity index (χ3n) is 3.29. The summed E-state index contributed by atoms with van der Waals surface area (Å²) in [5.74, 6) is -0.113. The lowest BCUT2D eigenvalue weighted by atomic mass is 10.1. The monoisotopic (exact) mass is 277 g/mol. The third-order valence-corrected chi connectivity index (χ3v) is 3.29. The molecule has 0 bridgehead atoms. The van der Waals surface area contributed by atoms with E-state index in [0.717, 1.165) is 5.56 Å². The highest BCUT2D eigenvalue weighted by atomic mass is 16.3. The molecule has 1 aromatic carbocycles.